The molecule has 4 heteroatoms. The fourth-order valence-electron chi connectivity index (χ4n) is 4.07. The maximum atomic E-state index is 6.26. The summed E-state index contributed by atoms with van der Waals surface area (Å²) in [6.07, 6.45) is 1.74. The summed E-state index contributed by atoms with van der Waals surface area (Å²) in [7, 11) is 1.72. The molecule has 0 aromatic heterocycles. The van der Waals surface area contributed by atoms with Gasteiger partial charge in [-0.2, -0.15) is 0 Å². The molecule has 2 aromatic carbocycles. The SMILES string of the molecule is COc1cc2c(c3c1OC(C)(C)C3)C(c1ccccc1Br)=NC(C)(C)C2. The molecule has 0 amide bonds. The largest absolute Gasteiger partial charge is 0.493 e. The molecule has 0 N–H and O–H groups in total. The minimum absolute atomic E-state index is 0.161. The molecule has 0 bridgehead atoms. The van der Waals surface area contributed by atoms with Gasteiger partial charge in [-0.05, 0) is 51.8 Å². The molecule has 0 aliphatic carbocycles. The van der Waals surface area contributed by atoms with Crippen LogP contribution in [0.2, 0.25) is 0 Å². The van der Waals surface area contributed by atoms with Crippen LogP contribution in [0.15, 0.2) is 39.8 Å². The van der Waals surface area contributed by atoms with Crippen molar-refractivity contribution in [2.75, 3.05) is 7.11 Å². The third-order valence-electron chi connectivity index (χ3n) is 5.03. The van der Waals surface area contributed by atoms with E-state index < -0.39 is 0 Å². The van der Waals surface area contributed by atoms with Crippen molar-refractivity contribution >= 4 is 21.6 Å². The lowest BCUT2D eigenvalue weighted by Gasteiger charge is -2.31. The summed E-state index contributed by atoms with van der Waals surface area (Å²) >= 11 is 3.72. The summed E-state index contributed by atoms with van der Waals surface area (Å²) in [6, 6.07) is 10.4. The van der Waals surface area contributed by atoms with Crippen LogP contribution in [0.25, 0.3) is 0 Å². The van der Waals surface area contributed by atoms with Gasteiger partial charge < -0.3 is 9.47 Å². The van der Waals surface area contributed by atoms with Crippen molar-refractivity contribution in [3.05, 3.63) is 57.1 Å². The third-order valence-corrected chi connectivity index (χ3v) is 5.72. The summed E-state index contributed by atoms with van der Waals surface area (Å²) in [5, 5.41) is 0. The van der Waals surface area contributed by atoms with E-state index in [4.69, 9.17) is 14.5 Å². The fourth-order valence-corrected chi connectivity index (χ4v) is 4.54. The average Bonchev–Trinajstić information content (AvgIpc) is 2.87. The van der Waals surface area contributed by atoms with Crippen molar-refractivity contribution < 1.29 is 9.47 Å². The second-order valence-corrected chi connectivity index (χ2v) is 9.24. The van der Waals surface area contributed by atoms with E-state index in [1.54, 1.807) is 7.11 Å². The van der Waals surface area contributed by atoms with Crippen molar-refractivity contribution in [2.45, 2.75) is 51.7 Å². The number of fused-ring (bicyclic) bond motifs is 3. The van der Waals surface area contributed by atoms with Crippen LogP contribution in [0.5, 0.6) is 11.5 Å². The number of methoxy groups -OCH3 is 1. The predicted molar refractivity (Wildman–Crippen MR) is 109 cm³/mol. The fraction of sp³-hybridized carbons (Fsp3) is 0.409. The van der Waals surface area contributed by atoms with Gasteiger partial charge in [0, 0.05) is 27.6 Å². The highest BCUT2D eigenvalue weighted by Crippen LogP contribution is 2.48. The van der Waals surface area contributed by atoms with Crippen LogP contribution in [0, 0.1) is 0 Å². The molecule has 0 saturated heterocycles. The van der Waals surface area contributed by atoms with Gasteiger partial charge in [-0.25, -0.2) is 0 Å². The maximum absolute atomic E-state index is 6.26. The number of benzene rings is 2. The van der Waals surface area contributed by atoms with Crippen LogP contribution >= 0.6 is 15.9 Å². The Bertz CT molecular complexity index is 928. The van der Waals surface area contributed by atoms with Crippen molar-refractivity contribution in [1.82, 2.24) is 0 Å². The molecule has 0 saturated carbocycles. The lowest BCUT2D eigenvalue weighted by Crippen LogP contribution is -2.30. The van der Waals surface area contributed by atoms with Crippen LogP contribution in [-0.4, -0.2) is 24.0 Å². The smallest absolute Gasteiger partial charge is 0.166 e. The highest BCUT2D eigenvalue weighted by molar-refractivity contribution is 9.10. The zero-order chi connectivity index (χ0) is 18.7. The normalized spacial score (nSPS) is 19.2. The first-order chi connectivity index (χ1) is 12.2. The molecule has 136 valence electrons. The molecule has 2 heterocycles. The number of hydrogen-bond acceptors (Lipinski definition) is 3. The number of aliphatic imine (C=N–C) groups is 1. The monoisotopic (exact) mass is 413 g/mol. The zero-order valence-electron chi connectivity index (χ0n) is 15.9. The van der Waals surface area contributed by atoms with Gasteiger partial charge in [0.1, 0.15) is 5.60 Å². The summed E-state index contributed by atoms with van der Waals surface area (Å²) in [4.78, 5) is 5.16. The van der Waals surface area contributed by atoms with E-state index in [0.29, 0.717) is 0 Å². The van der Waals surface area contributed by atoms with Crippen molar-refractivity contribution in [1.29, 1.82) is 0 Å². The molecular formula is C22H24BrNO2. The lowest BCUT2D eigenvalue weighted by molar-refractivity contribution is 0.134. The Morgan fingerprint density at radius 2 is 1.85 bits per heavy atom. The minimum Gasteiger partial charge on any atom is -0.493 e. The molecule has 3 nitrogen and oxygen atoms in total. The van der Waals surface area contributed by atoms with E-state index in [0.717, 1.165) is 40.1 Å². The number of rotatable bonds is 2. The van der Waals surface area contributed by atoms with Gasteiger partial charge in [-0.1, -0.05) is 34.1 Å². The van der Waals surface area contributed by atoms with Crippen LogP contribution in [0.3, 0.4) is 0 Å². The Balaban J connectivity index is 2.02. The predicted octanol–water partition coefficient (Wildman–Crippen LogP) is 5.34. The van der Waals surface area contributed by atoms with Gasteiger partial charge in [0.05, 0.1) is 18.4 Å². The van der Waals surface area contributed by atoms with Gasteiger partial charge in [0.2, 0.25) is 0 Å². The molecule has 0 spiro atoms. The standard InChI is InChI=1S/C22H24BrNO2/c1-21(2)11-13-10-17(25-5)20-15(12-22(3,4)26-20)18(13)19(24-21)14-8-6-7-9-16(14)23/h6-10H,11-12H2,1-5H3. The van der Waals surface area contributed by atoms with Gasteiger partial charge in [-0.3, -0.25) is 4.99 Å². The van der Waals surface area contributed by atoms with Gasteiger partial charge in [0.15, 0.2) is 11.5 Å². The van der Waals surface area contributed by atoms with Gasteiger partial charge in [0.25, 0.3) is 0 Å². The molecule has 0 fully saturated rings. The topological polar surface area (TPSA) is 30.8 Å². The van der Waals surface area contributed by atoms with E-state index in [2.05, 4.69) is 67.9 Å². The van der Waals surface area contributed by atoms with E-state index in [-0.39, 0.29) is 11.1 Å². The van der Waals surface area contributed by atoms with E-state index >= 15 is 0 Å². The third kappa shape index (κ3) is 2.84. The minimum atomic E-state index is -0.239. The summed E-state index contributed by atoms with van der Waals surface area (Å²) in [5.74, 6) is 1.70. The molecule has 0 unspecified atom stereocenters. The van der Waals surface area contributed by atoms with Crippen molar-refractivity contribution in [3.63, 3.8) is 0 Å². The van der Waals surface area contributed by atoms with Crippen molar-refractivity contribution in [2.24, 2.45) is 4.99 Å². The Morgan fingerprint density at radius 1 is 1.12 bits per heavy atom. The van der Waals surface area contributed by atoms with Crippen LogP contribution in [0.4, 0.5) is 0 Å². The summed E-state index contributed by atoms with van der Waals surface area (Å²) in [5.41, 5.74) is 5.49. The molecule has 0 atom stereocenters. The lowest BCUT2D eigenvalue weighted by atomic mass is 9.81. The molecule has 2 aliphatic heterocycles. The number of hydrogen-bond donors (Lipinski definition) is 0. The zero-order valence-corrected chi connectivity index (χ0v) is 17.5. The first kappa shape index (κ1) is 17.6. The molecule has 0 radical (unpaired) electrons. The van der Waals surface area contributed by atoms with Crippen LogP contribution in [-0.2, 0) is 12.8 Å². The van der Waals surface area contributed by atoms with Crippen molar-refractivity contribution in [3.8, 4) is 11.5 Å². The Kier molecular flexibility index (Phi) is 3.96. The first-order valence-electron chi connectivity index (χ1n) is 8.98. The molecule has 4 rings (SSSR count). The van der Waals surface area contributed by atoms with Crippen LogP contribution in [0.1, 0.15) is 49.9 Å². The van der Waals surface area contributed by atoms with E-state index in [1.807, 2.05) is 6.07 Å². The second-order valence-electron chi connectivity index (χ2n) is 8.39. The van der Waals surface area contributed by atoms with Gasteiger partial charge >= 0.3 is 0 Å². The molecule has 2 aromatic rings. The Labute approximate surface area is 163 Å². The number of nitrogens with zero attached hydrogens (tertiary/aromatic N) is 1. The van der Waals surface area contributed by atoms with E-state index in [9.17, 15) is 0 Å². The average molecular weight is 414 g/mol. The number of ether oxygens (including phenoxy) is 2. The Hall–Kier alpha value is -1.81. The summed E-state index contributed by atoms with van der Waals surface area (Å²) in [6.45, 7) is 8.63. The van der Waals surface area contributed by atoms with E-state index in [1.165, 1.54) is 16.7 Å². The highest BCUT2D eigenvalue weighted by atomic mass is 79.9. The Morgan fingerprint density at radius 3 is 2.54 bits per heavy atom. The highest BCUT2D eigenvalue weighted by Gasteiger charge is 2.39. The molecule has 26 heavy (non-hydrogen) atoms. The molecular weight excluding hydrogens is 390 g/mol. The maximum Gasteiger partial charge on any atom is 0.166 e. The first-order valence-corrected chi connectivity index (χ1v) is 9.77. The van der Waals surface area contributed by atoms with Crippen LogP contribution < -0.4 is 9.47 Å². The number of halogens is 1. The molecule has 2 aliphatic rings. The second kappa shape index (κ2) is 5.85. The van der Waals surface area contributed by atoms with Gasteiger partial charge in [-0.15, -0.1) is 0 Å². The quantitative estimate of drug-likeness (QED) is 0.664. The summed E-state index contributed by atoms with van der Waals surface area (Å²) < 4.78 is 13.0.